The summed E-state index contributed by atoms with van der Waals surface area (Å²) in [5.41, 5.74) is -3.66. The van der Waals surface area contributed by atoms with Crippen LogP contribution in [0.5, 0.6) is 0 Å². The lowest BCUT2D eigenvalue weighted by atomic mass is 10.1. The Labute approximate surface area is 157 Å². The Morgan fingerprint density at radius 3 is 2.69 bits per heavy atom. The maximum atomic E-state index is 14.0. The van der Waals surface area contributed by atoms with E-state index in [0.29, 0.717) is 21.7 Å². The molecule has 0 bridgehead atoms. The summed E-state index contributed by atoms with van der Waals surface area (Å²) in [4.78, 5) is 29.4. The van der Waals surface area contributed by atoms with Gasteiger partial charge in [0.15, 0.2) is 0 Å². The molecule has 7 nitrogen and oxygen atoms in total. The van der Waals surface area contributed by atoms with E-state index in [4.69, 9.17) is 9.79 Å². The largest absolute Gasteiger partial charge is 0.400 e. The summed E-state index contributed by atoms with van der Waals surface area (Å²) in [6.45, 7) is 0. The van der Waals surface area contributed by atoms with Crippen LogP contribution >= 0.6 is 34.9 Å². The van der Waals surface area contributed by atoms with Crippen molar-refractivity contribution >= 4 is 56.5 Å². The number of nitrogens with zero attached hydrogens (tertiary/aromatic N) is 2. The summed E-state index contributed by atoms with van der Waals surface area (Å²) in [6.07, 6.45) is 3.05. The second-order valence-electron chi connectivity index (χ2n) is 5.40. The lowest BCUT2D eigenvalue weighted by Crippen LogP contribution is -2.12. The SMILES string of the molecule is Cn1cc(NC(=O)c2ccc3sc(C(F)(F)P(=O)(O)O)c(Br)c3c2)cn1. The van der Waals surface area contributed by atoms with Crippen LogP contribution in [0.1, 0.15) is 15.2 Å². The van der Waals surface area contributed by atoms with Crippen molar-refractivity contribution in [1.29, 1.82) is 0 Å². The van der Waals surface area contributed by atoms with E-state index in [1.807, 2.05) is 0 Å². The minimum atomic E-state index is -5.69. The first-order chi connectivity index (χ1) is 12.0. The quantitative estimate of drug-likeness (QED) is 0.507. The first-order valence-electron chi connectivity index (χ1n) is 6.96. The van der Waals surface area contributed by atoms with Gasteiger partial charge in [-0.25, -0.2) is 0 Å². The molecule has 2 heterocycles. The first kappa shape index (κ1) is 19.1. The number of fused-ring (bicyclic) bond motifs is 1. The predicted octanol–water partition coefficient (Wildman–Crippen LogP) is 3.88. The molecule has 3 N–H and O–H groups in total. The topological polar surface area (TPSA) is 104 Å². The summed E-state index contributed by atoms with van der Waals surface area (Å²) in [6, 6.07) is 4.26. The number of alkyl halides is 2. The molecule has 0 saturated heterocycles. The number of carbonyl (C=O) groups is 1. The molecule has 138 valence electrons. The average Bonchev–Trinajstić information content (AvgIpc) is 3.10. The van der Waals surface area contributed by atoms with Crippen molar-refractivity contribution in [2.45, 2.75) is 5.66 Å². The normalized spacial score (nSPS) is 12.5. The molecule has 26 heavy (non-hydrogen) atoms. The van der Waals surface area contributed by atoms with E-state index in [1.54, 1.807) is 13.2 Å². The van der Waals surface area contributed by atoms with Gasteiger partial charge in [-0.1, -0.05) is 0 Å². The van der Waals surface area contributed by atoms with Gasteiger partial charge >= 0.3 is 13.3 Å². The Bertz CT molecular complexity index is 1060. The predicted molar refractivity (Wildman–Crippen MR) is 96.6 cm³/mol. The third-order valence-corrected chi connectivity index (χ3v) is 6.92. The fraction of sp³-hybridized carbons (Fsp3) is 0.143. The summed E-state index contributed by atoms with van der Waals surface area (Å²) < 4.78 is 40.9. The number of hydrogen-bond donors (Lipinski definition) is 3. The van der Waals surface area contributed by atoms with Crippen LogP contribution in [0.15, 0.2) is 35.1 Å². The summed E-state index contributed by atoms with van der Waals surface area (Å²) >= 11 is 3.53. The molecule has 0 aliphatic carbocycles. The number of hydrogen-bond acceptors (Lipinski definition) is 4. The van der Waals surface area contributed by atoms with Gasteiger partial charge in [0.25, 0.3) is 5.91 Å². The fourth-order valence-corrected chi connectivity index (χ4v) is 5.15. The molecule has 0 radical (unpaired) electrons. The van der Waals surface area contributed by atoms with Crippen molar-refractivity contribution in [1.82, 2.24) is 9.78 Å². The number of halogens is 3. The Hall–Kier alpha value is -1.65. The van der Waals surface area contributed by atoms with Crippen molar-refractivity contribution in [3.05, 3.63) is 45.5 Å². The molecule has 12 heteroatoms. The number of aryl methyl sites for hydroxylation is 1. The maximum Gasteiger partial charge on any atom is 0.400 e. The van der Waals surface area contributed by atoms with Crippen LogP contribution in [0.25, 0.3) is 10.1 Å². The minimum absolute atomic E-state index is 0.151. The van der Waals surface area contributed by atoms with Crippen LogP contribution in [-0.4, -0.2) is 25.5 Å². The number of carbonyl (C=O) groups excluding carboxylic acids is 1. The molecule has 0 aliphatic heterocycles. The number of benzene rings is 1. The molecule has 0 unspecified atom stereocenters. The second kappa shape index (κ2) is 6.50. The van der Waals surface area contributed by atoms with Crippen LogP contribution in [0.3, 0.4) is 0 Å². The fourth-order valence-electron chi connectivity index (χ4n) is 2.22. The van der Waals surface area contributed by atoms with E-state index in [0.717, 1.165) is 0 Å². The van der Waals surface area contributed by atoms with Gasteiger partial charge in [0.1, 0.15) is 4.88 Å². The first-order valence-corrected chi connectivity index (χ1v) is 10.2. The van der Waals surface area contributed by atoms with Gasteiger partial charge in [0.05, 0.1) is 11.9 Å². The summed E-state index contributed by atoms with van der Waals surface area (Å²) in [5.74, 6) is -0.471. The third kappa shape index (κ3) is 3.33. The molecule has 1 aromatic carbocycles. The van der Waals surface area contributed by atoms with Gasteiger partial charge in [0, 0.05) is 33.4 Å². The molecule has 0 fully saturated rings. The van der Waals surface area contributed by atoms with Crippen molar-refractivity contribution in [2.24, 2.45) is 7.05 Å². The third-order valence-electron chi connectivity index (χ3n) is 3.49. The van der Waals surface area contributed by atoms with Crippen molar-refractivity contribution in [3.8, 4) is 0 Å². The highest BCUT2D eigenvalue weighted by Gasteiger charge is 2.53. The molecule has 0 aliphatic rings. The van der Waals surface area contributed by atoms with Crippen molar-refractivity contribution in [3.63, 3.8) is 0 Å². The highest BCUT2D eigenvalue weighted by molar-refractivity contribution is 9.10. The number of amides is 1. The Kier molecular flexibility index (Phi) is 4.78. The van der Waals surface area contributed by atoms with E-state index in [9.17, 15) is 18.1 Å². The number of thiophene rings is 1. The minimum Gasteiger partial charge on any atom is -0.320 e. The van der Waals surface area contributed by atoms with Crippen LogP contribution in [-0.2, 0) is 17.3 Å². The van der Waals surface area contributed by atoms with Crippen LogP contribution < -0.4 is 5.32 Å². The lowest BCUT2D eigenvalue weighted by Gasteiger charge is -2.16. The van der Waals surface area contributed by atoms with E-state index in [1.165, 1.54) is 29.1 Å². The Morgan fingerprint density at radius 1 is 1.42 bits per heavy atom. The molecule has 2 aromatic heterocycles. The molecular weight excluding hydrogens is 455 g/mol. The van der Waals surface area contributed by atoms with E-state index >= 15 is 0 Å². The van der Waals surface area contributed by atoms with Gasteiger partial charge in [-0.15, -0.1) is 11.3 Å². The zero-order valence-electron chi connectivity index (χ0n) is 13.0. The van der Waals surface area contributed by atoms with Crippen LogP contribution in [0.4, 0.5) is 14.5 Å². The van der Waals surface area contributed by atoms with E-state index < -0.39 is 24.0 Å². The molecular formula is C14H11BrF2N3O4PS. The average molecular weight is 466 g/mol. The van der Waals surface area contributed by atoms with Crippen molar-refractivity contribution < 1.29 is 27.9 Å². The van der Waals surface area contributed by atoms with Crippen LogP contribution in [0, 0.1) is 0 Å². The summed E-state index contributed by atoms with van der Waals surface area (Å²) in [5, 5.41) is 6.80. The van der Waals surface area contributed by atoms with Gasteiger partial charge < -0.3 is 15.1 Å². The number of nitrogens with one attached hydrogen (secondary N) is 1. The molecule has 3 aromatic rings. The molecule has 0 atom stereocenters. The van der Waals surface area contributed by atoms with Crippen LogP contribution in [0.2, 0.25) is 0 Å². The molecule has 1 amide bonds. The highest BCUT2D eigenvalue weighted by Crippen LogP contribution is 2.62. The number of rotatable bonds is 4. The van der Waals surface area contributed by atoms with Gasteiger partial charge in [-0.05, 0) is 34.1 Å². The molecule has 0 saturated carbocycles. The zero-order valence-corrected chi connectivity index (χ0v) is 16.3. The van der Waals surface area contributed by atoms with Gasteiger partial charge in [0.2, 0.25) is 0 Å². The Morgan fingerprint density at radius 2 is 2.12 bits per heavy atom. The maximum absolute atomic E-state index is 14.0. The summed E-state index contributed by atoms with van der Waals surface area (Å²) in [7, 11) is -4.00. The van der Waals surface area contributed by atoms with E-state index in [2.05, 4.69) is 26.3 Å². The zero-order chi connectivity index (χ0) is 19.3. The second-order valence-corrected chi connectivity index (χ2v) is 8.89. The standard InChI is InChI=1S/C14H11BrF2N3O4PS/c1-20-6-8(5-18-20)19-13(21)7-2-3-10-9(4-7)11(15)12(26-10)14(16,17)25(22,23)24/h2-6H,1H3,(H,19,21)(H2,22,23,24). The number of aromatic nitrogens is 2. The lowest BCUT2D eigenvalue weighted by molar-refractivity contribution is 0.0595. The van der Waals surface area contributed by atoms with Crippen molar-refractivity contribution in [2.75, 3.05) is 5.32 Å². The smallest absolute Gasteiger partial charge is 0.320 e. The van der Waals surface area contributed by atoms with Gasteiger partial charge in [-0.2, -0.15) is 13.9 Å². The van der Waals surface area contributed by atoms with Gasteiger partial charge in [-0.3, -0.25) is 14.0 Å². The van der Waals surface area contributed by atoms with E-state index in [-0.39, 0.29) is 15.4 Å². The monoisotopic (exact) mass is 465 g/mol. The number of anilines is 1. The molecule has 3 rings (SSSR count). The highest BCUT2D eigenvalue weighted by atomic mass is 79.9. The Balaban J connectivity index is 2.00. The molecule has 0 spiro atoms.